The molecule has 37 heavy (non-hydrogen) atoms. The number of phenolic OH excluding ortho intramolecular Hbond substituents is 1. The lowest BCUT2D eigenvalue weighted by Crippen LogP contribution is -2.21. The predicted octanol–water partition coefficient (Wildman–Crippen LogP) is 5.67. The van der Waals surface area contributed by atoms with E-state index in [1.165, 1.54) is 22.3 Å². The molecule has 0 aromatic heterocycles. The van der Waals surface area contributed by atoms with Crippen LogP contribution in [0.25, 0.3) is 0 Å². The number of likely N-dealkylation sites (N-methyl/N-ethyl adjacent to an activating group) is 1. The van der Waals surface area contributed by atoms with E-state index >= 15 is 0 Å². The number of hydrogen-bond acceptors (Lipinski definition) is 6. The first-order valence-electron chi connectivity index (χ1n) is 13.1. The van der Waals surface area contributed by atoms with Crippen molar-refractivity contribution in [2.75, 3.05) is 46.8 Å². The standard InChI is InChI=1S/C31H40N2O4/c1-21(16-22-6-12-27(13-7-22)37-15-14-33(2)3)32-29-20-31(36-5)30(35-4)19-28(29)25-9-8-24-18-26(34)11-10-23(24)17-25/h6-7,10-13,18-21,25,32,34H,8-9,14-17H2,1-5H3. The van der Waals surface area contributed by atoms with E-state index in [1.54, 1.807) is 20.3 Å². The Bertz CT molecular complexity index is 1180. The van der Waals surface area contributed by atoms with E-state index in [-0.39, 0.29) is 6.04 Å². The molecule has 2 atom stereocenters. The average Bonchev–Trinajstić information content (AvgIpc) is 2.89. The fraction of sp³-hybridized carbons (Fsp3) is 0.419. The zero-order chi connectivity index (χ0) is 26.4. The minimum absolute atomic E-state index is 0.213. The summed E-state index contributed by atoms with van der Waals surface area (Å²) in [4.78, 5) is 2.11. The van der Waals surface area contributed by atoms with Crippen LogP contribution in [-0.4, -0.2) is 57.5 Å². The number of aryl methyl sites for hydroxylation is 1. The number of anilines is 1. The monoisotopic (exact) mass is 504 g/mol. The van der Waals surface area contributed by atoms with Gasteiger partial charge in [-0.05, 0) is 105 Å². The summed E-state index contributed by atoms with van der Waals surface area (Å²) in [5.41, 5.74) is 6.13. The van der Waals surface area contributed by atoms with Gasteiger partial charge in [-0.25, -0.2) is 0 Å². The summed E-state index contributed by atoms with van der Waals surface area (Å²) in [5.74, 6) is 3.07. The number of aromatic hydroxyl groups is 1. The summed E-state index contributed by atoms with van der Waals surface area (Å²) in [5, 5.41) is 13.6. The lowest BCUT2D eigenvalue weighted by Gasteiger charge is -2.29. The molecule has 4 rings (SSSR count). The summed E-state index contributed by atoms with van der Waals surface area (Å²) < 4.78 is 17.1. The third-order valence-electron chi connectivity index (χ3n) is 7.09. The molecule has 1 aliphatic carbocycles. The summed E-state index contributed by atoms with van der Waals surface area (Å²) in [7, 11) is 7.45. The van der Waals surface area contributed by atoms with Crippen LogP contribution in [0, 0.1) is 0 Å². The Hall–Kier alpha value is -3.38. The van der Waals surface area contributed by atoms with Gasteiger partial charge >= 0.3 is 0 Å². The highest BCUT2D eigenvalue weighted by Crippen LogP contribution is 2.42. The Labute approximate surface area is 221 Å². The topological polar surface area (TPSA) is 63.2 Å². The largest absolute Gasteiger partial charge is 0.508 e. The molecule has 2 unspecified atom stereocenters. The Kier molecular flexibility index (Phi) is 8.82. The Morgan fingerprint density at radius 3 is 2.41 bits per heavy atom. The molecular formula is C31H40N2O4. The van der Waals surface area contributed by atoms with E-state index in [0.717, 1.165) is 55.2 Å². The highest BCUT2D eigenvalue weighted by atomic mass is 16.5. The molecular weight excluding hydrogens is 464 g/mol. The minimum Gasteiger partial charge on any atom is -0.508 e. The van der Waals surface area contributed by atoms with Gasteiger partial charge in [0.05, 0.1) is 14.2 Å². The fourth-order valence-corrected chi connectivity index (χ4v) is 5.10. The second kappa shape index (κ2) is 12.2. The van der Waals surface area contributed by atoms with Gasteiger partial charge in [0.25, 0.3) is 0 Å². The van der Waals surface area contributed by atoms with Crippen LogP contribution in [0.3, 0.4) is 0 Å². The number of rotatable bonds is 11. The summed E-state index contributed by atoms with van der Waals surface area (Å²) in [6.45, 7) is 3.78. The third-order valence-corrected chi connectivity index (χ3v) is 7.09. The molecule has 0 bridgehead atoms. The van der Waals surface area contributed by atoms with Crippen LogP contribution in [0.1, 0.15) is 41.5 Å². The van der Waals surface area contributed by atoms with Gasteiger partial charge < -0.3 is 29.5 Å². The quantitative estimate of drug-likeness (QED) is 0.351. The van der Waals surface area contributed by atoms with Crippen LogP contribution in [-0.2, 0) is 19.3 Å². The molecule has 0 radical (unpaired) electrons. The number of nitrogens with zero attached hydrogens (tertiary/aromatic N) is 1. The minimum atomic E-state index is 0.213. The molecule has 0 spiro atoms. The molecule has 2 N–H and O–H groups in total. The van der Waals surface area contributed by atoms with Crippen LogP contribution in [0.4, 0.5) is 5.69 Å². The van der Waals surface area contributed by atoms with Crippen molar-refractivity contribution >= 4 is 5.69 Å². The van der Waals surface area contributed by atoms with Crippen LogP contribution >= 0.6 is 0 Å². The van der Waals surface area contributed by atoms with Crippen LogP contribution in [0.15, 0.2) is 54.6 Å². The van der Waals surface area contributed by atoms with Gasteiger partial charge in [0.1, 0.15) is 18.1 Å². The zero-order valence-electron chi connectivity index (χ0n) is 22.7. The molecule has 6 heteroatoms. The highest BCUT2D eigenvalue weighted by Gasteiger charge is 2.25. The smallest absolute Gasteiger partial charge is 0.162 e. The van der Waals surface area contributed by atoms with Gasteiger partial charge in [0, 0.05) is 24.3 Å². The first kappa shape index (κ1) is 26.7. The number of phenols is 1. The van der Waals surface area contributed by atoms with Crippen molar-refractivity contribution in [2.24, 2.45) is 0 Å². The number of ether oxygens (including phenoxy) is 3. The van der Waals surface area contributed by atoms with E-state index in [0.29, 0.717) is 18.3 Å². The van der Waals surface area contributed by atoms with Gasteiger partial charge in [-0.3, -0.25) is 0 Å². The second-order valence-electron chi connectivity index (χ2n) is 10.2. The SMILES string of the molecule is COc1cc(NC(C)Cc2ccc(OCCN(C)C)cc2)c(C2CCc3cc(O)ccc3C2)cc1OC. The Morgan fingerprint density at radius 1 is 0.973 bits per heavy atom. The summed E-state index contributed by atoms with van der Waals surface area (Å²) in [6, 6.07) is 18.6. The van der Waals surface area contributed by atoms with Crippen molar-refractivity contribution < 1.29 is 19.3 Å². The molecule has 0 fully saturated rings. The van der Waals surface area contributed by atoms with E-state index in [9.17, 15) is 5.11 Å². The van der Waals surface area contributed by atoms with E-state index in [4.69, 9.17) is 14.2 Å². The highest BCUT2D eigenvalue weighted by molar-refractivity contribution is 5.63. The molecule has 3 aromatic rings. The maximum absolute atomic E-state index is 9.89. The third kappa shape index (κ3) is 6.89. The Balaban J connectivity index is 1.49. The maximum atomic E-state index is 9.89. The average molecular weight is 505 g/mol. The van der Waals surface area contributed by atoms with E-state index in [1.807, 2.05) is 20.2 Å². The second-order valence-corrected chi connectivity index (χ2v) is 10.2. The van der Waals surface area contributed by atoms with Crippen LogP contribution in [0.2, 0.25) is 0 Å². The number of benzene rings is 3. The maximum Gasteiger partial charge on any atom is 0.162 e. The lowest BCUT2D eigenvalue weighted by atomic mass is 9.79. The molecule has 198 valence electrons. The van der Waals surface area contributed by atoms with E-state index < -0.39 is 0 Å². The van der Waals surface area contributed by atoms with Gasteiger partial charge in [0.2, 0.25) is 0 Å². The van der Waals surface area contributed by atoms with Gasteiger partial charge in [0.15, 0.2) is 11.5 Å². The van der Waals surface area contributed by atoms with Crippen LogP contribution < -0.4 is 19.5 Å². The number of methoxy groups -OCH3 is 2. The van der Waals surface area contributed by atoms with Crippen molar-refractivity contribution in [3.8, 4) is 23.0 Å². The Morgan fingerprint density at radius 2 is 1.70 bits per heavy atom. The van der Waals surface area contributed by atoms with E-state index in [2.05, 4.69) is 59.6 Å². The molecule has 0 saturated carbocycles. The molecule has 0 saturated heterocycles. The first-order valence-corrected chi connectivity index (χ1v) is 13.1. The normalized spacial score (nSPS) is 15.7. The van der Waals surface area contributed by atoms with Crippen molar-refractivity contribution in [3.63, 3.8) is 0 Å². The van der Waals surface area contributed by atoms with Crippen LogP contribution in [0.5, 0.6) is 23.0 Å². The van der Waals surface area contributed by atoms with Gasteiger partial charge in [-0.15, -0.1) is 0 Å². The summed E-state index contributed by atoms with van der Waals surface area (Å²) >= 11 is 0. The molecule has 1 aliphatic rings. The number of hydrogen-bond donors (Lipinski definition) is 2. The number of fused-ring (bicyclic) bond motifs is 1. The molecule has 0 heterocycles. The predicted molar refractivity (Wildman–Crippen MR) is 150 cm³/mol. The zero-order valence-corrected chi connectivity index (χ0v) is 22.7. The van der Waals surface area contributed by atoms with Crippen molar-refractivity contribution in [1.29, 1.82) is 0 Å². The molecule has 6 nitrogen and oxygen atoms in total. The lowest BCUT2D eigenvalue weighted by molar-refractivity contribution is 0.261. The van der Waals surface area contributed by atoms with Gasteiger partial charge in [-0.1, -0.05) is 18.2 Å². The van der Waals surface area contributed by atoms with Crippen molar-refractivity contribution in [1.82, 2.24) is 4.90 Å². The molecule has 3 aromatic carbocycles. The molecule has 0 amide bonds. The summed E-state index contributed by atoms with van der Waals surface area (Å²) in [6.07, 6.45) is 3.78. The number of nitrogens with one attached hydrogen (secondary N) is 1. The molecule has 0 aliphatic heterocycles. The fourth-order valence-electron chi connectivity index (χ4n) is 5.10. The first-order chi connectivity index (χ1) is 17.9. The van der Waals surface area contributed by atoms with Crippen molar-refractivity contribution in [2.45, 2.75) is 44.6 Å². The van der Waals surface area contributed by atoms with Crippen molar-refractivity contribution in [3.05, 3.63) is 76.9 Å². The van der Waals surface area contributed by atoms with Gasteiger partial charge in [-0.2, -0.15) is 0 Å².